The van der Waals surface area contributed by atoms with Crippen LogP contribution in [-0.4, -0.2) is 56.8 Å². The van der Waals surface area contributed by atoms with Gasteiger partial charge in [0.25, 0.3) is 5.91 Å². The number of hydrogen-bond acceptors (Lipinski definition) is 5. The highest BCUT2D eigenvalue weighted by molar-refractivity contribution is 9.11. The highest BCUT2D eigenvalue weighted by atomic mass is 79.9. The van der Waals surface area contributed by atoms with Gasteiger partial charge >= 0.3 is 0 Å². The molecule has 0 atom stereocenters. The standard InChI is InChI=1S/C16H18BrN3O3S2/c1-19-8-10-20(11-9-19)25(22,23)13-4-2-12(3-5-13)18-16(21)14-6-7-15(17)24-14/h2-7H,8-11H2,1H3,(H,18,21). The first-order valence-corrected chi connectivity index (χ1v) is 10.8. The van der Waals surface area contributed by atoms with Crippen LogP contribution < -0.4 is 5.32 Å². The average molecular weight is 444 g/mol. The molecule has 1 N–H and O–H groups in total. The molecule has 1 aromatic heterocycles. The minimum absolute atomic E-state index is 0.217. The monoisotopic (exact) mass is 443 g/mol. The molecule has 1 aromatic carbocycles. The zero-order chi connectivity index (χ0) is 18.0. The summed E-state index contributed by atoms with van der Waals surface area (Å²) in [5.41, 5.74) is 0.562. The molecule has 0 unspecified atom stereocenters. The van der Waals surface area contributed by atoms with Gasteiger partial charge in [-0.15, -0.1) is 11.3 Å². The van der Waals surface area contributed by atoms with Gasteiger partial charge < -0.3 is 10.2 Å². The number of hydrogen-bond donors (Lipinski definition) is 1. The van der Waals surface area contributed by atoms with Crippen LogP contribution in [0, 0.1) is 0 Å². The first-order chi connectivity index (χ1) is 11.9. The third-order valence-electron chi connectivity index (χ3n) is 4.01. The number of rotatable bonds is 4. The smallest absolute Gasteiger partial charge is 0.265 e. The summed E-state index contributed by atoms with van der Waals surface area (Å²) in [4.78, 5) is 15.1. The number of sulfonamides is 1. The summed E-state index contributed by atoms with van der Waals surface area (Å²) < 4.78 is 27.7. The molecule has 2 aromatic rings. The van der Waals surface area contributed by atoms with Crippen LogP contribution in [0.2, 0.25) is 0 Å². The first kappa shape index (κ1) is 18.5. The largest absolute Gasteiger partial charge is 0.321 e. The van der Waals surface area contributed by atoms with Gasteiger partial charge in [0.1, 0.15) is 0 Å². The van der Waals surface area contributed by atoms with E-state index in [-0.39, 0.29) is 10.8 Å². The first-order valence-electron chi connectivity index (χ1n) is 7.72. The number of thiophene rings is 1. The Morgan fingerprint density at radius 3 is 2.28 bits per heavy atom. The number of nitrogens with zero attached hydrogens (tertiary/aromatic N) is 2. The predicted octanol–water partition coefficient (Wildman–Crippen LogP) is 2.70. The van der Waals surface area contributed by atoms with E-state index in [4.69, 9.17) is 0 Å². The molecule has 0 bridgehead atoms. The molecule has 0 saturated carbocycles. The van der Waals surface area contributed by atoms with Gasteiger partial charge in [0.15, 0.2) is 0 Å². The van der Waals surface area contributed by atoms with Gasteiger partial charge in [0.2, 0.25) is 10.0 Å². The Morgan fingerprint density at radius 1 is 1.08 bits per heavy atom. The highest BCUT2D eigenvalue weighted by Crippen LogP contribution is 2.24. The van der Waals surface area contributed by atoms with Crippen LogP contribution in [0.25, 0.3) is 0 Å². The number of carbonyl (C=O) groups is 1. The van der Waals surface area contributed by atoms with E-state index < -0.39 is 10.0 Å². The molecule has 1 aliphatic rings. The summed E-state index contributed by atoms with van der Waals surface area (Å²) >= 11 is 4.66. The highest BCUT2D eigenvalue weighted by Gasteiger charge is 2.27. The second-order valence-electron chi connectivity index (χ2n) is 5.79. The lowest BCUT2D eigenvalue weighted by Gasteiger charge is -2.31. The molecule has 3 rings (SSSR count). The van der Waals surface area contributed by atoms with Crippen LogP contribution in [0.4, 0.5) is 5.69 Å². The Bertz CT molecular complexity index is 857. The van der Waals surface area contributed by atoms with Gasteiger partial charge in [-0.05, 0) is 59.4 Å². The molecule has 1 saturated heterocycles. The average Bonchev–Trinajstić information content (AvgIpc) is 3.02. The van der Waals surface area contributed by atoms with Gasteiger partial charge in [-0.1, -0.05) is 0 Å². The number of carbonyl (C=O) groups excluding carboxylic acids is 1. The molecule has 134 valence electrons. The van der Waals surface area contributed by atoms with Crippen molar-refractivity contribution in [1.29, 1.82) is 0 Å². The molecule has 0 spiro atoms. The van der Waals surface area contributed by atoms with Crippen LogP contribution in [0.3, 0.4) is 0 Å². The SMILES string of the molecule is CN1CCN(S(=O)(=O)c2ccc(NC(=O)c3ccc(Br)s3)cc2)CC1. The minimum Gasteiger partial charge on any atom is -0.321 e. The zero-order valence-corrected chi connectivity index (χ0v) is 16.8. The number of anilines is 1. The van der Waals surface area contributed by atoms with E-state index in [2.05, 4.69) is 26.1 Å². The molecule has 1 amide bonds. The minimum atomic E-state index is -3.49. The van der Waals surface area contributed by atoms with Crippen LogP contribution in [0.1, 0.15) is 9.67 Å². The van der Waals surface area contributed by atoms with Crippen LogP contribution >= 0.6 is 27.3 Å². The summed E-state index contributed by atoms with van der Waals surface area (Å²) in [6.07, 6.45) is 0. The maximum Gasteiger partial charge on any atom is 0.265 e. The lowest BCUT2D eigenvalue weighted by Crippen LogP contribution is -2.46. The van der Waals surface area contributed by atoms with Gasteiger partial charge in [-0.3, -0.25) is 4.79 Å². The van der Waals surface area contributed by atoms with Crippen molar-refractivity contribution < 1.29 is 13.2 Å². The van der Waals surface area contributed by atoms with E-state index in [0.717, 1.165) is 16.9 Å². The van der Waals surface area contributed by atoms with Crippen LogP contribution in [-0.2, 0) is 10.0 Å². The van der Waals surface area contributed by atoms with Crippen molar-refractivity contribution in [2.75, 3.05) is 38.5 Å². The summed E-state index contributed by atoms with van der Waals surface area (Å²) in [5.74, 6) is -0.217. The van der Waals surface area contributed by atoms with Crippen molar-refractivity contribution in [3.05, 3.63) is 45.1 Å². The van der Waals surface area contributed by atoms with Crippen molar-refractivity contribution >= 4 is 48.9 Å². The van der Waals surface area contributed by atoms with Crippen molar-refractivity contribution in [2.24, 2.45) is 0 Å². The van der Waals surface area contributed by atoms with Gasteiger partial charge in [0.05, 0.1) is 13.6 Å². The lowest BCUT2D eigenvalue weighted by atomic mass is 10.3. The summed E-state index contributed by atoms with van der Waals surface area (Å²) in [6, 6.07) is 9.84. The number of nitrogens with one attached hydrogen (secondary N) is 1. The second kappa shape index (κ2) is 7.55. The maximum atomic E-state index is 12.7. The fraction of sp³-hybridized carbons (Fsp3) is 0.312. The summed E-state index contributed by atoms with van der Waals surface area (Å²) in [6.45, 7) is 2.43. The quantitative estimate of drug-likeness (QED) is 0.788. The Kier molecular flexibility index (Phi) is 5.59. The van der Waals surface area contributed by atoms with E-state index in [1.54, 1.807) is 18.2 Å². The van der Waals surface area contributed by atoms with E-state index >= 15 is 0 Å². The molecule has 1 fully saturated rings. The van der Waals surface area contributed by atoms with Crippen molar-refractivity contribution in [1.82, 2.24) is 9.21 Å². The summed E-state index contributed by atoms with van der Waals surface area (Å²) in [5, 5.41) is 2.77. The molecule has 6 nitrogen and oxygen atoms in total. The normalized spacial score (nSPS) is 16.7. The van der Waals surface area contributed by atoms with E-state index in [1.807, 2.05) is 13.1 Å². The molecular formula is C16H18BrN3O3S2. The van der Waals surface area contributed by atoms with E-state index in [1.165, 1.54) is 27.8 Å². The van der Waals surface area contributed by atoms with Crippen LogP contribution in [0.5, 0.6) is 0 Å². The molecule has 0 radical (unpaired) electrons. The number of amides is 1. The Labute approximate surface area is 159 Å². The van der Waals surface area contributed by atoms with Gasteiger partial charge in [-0.2, -0.15) is 4.31 Å². The molecule has 9 heteroatoms. The lowest BCUT2D eigenvalue weighted by molar-refractivity contribution is 0.103. The summed E-state index contributed by atoms with van der Waals surface area (Å²) in [7, 11) is -1.51. The Balaban J connectivity index is 1.70. The topological polar surface area (TPSA) is 69.7 Å². The van der Waals surface area contributed by atoms with E-state index in [9.17, 15) is 13.2 Å². The number of halogens is 1. The van der Waals surface area contributed by atoms with Crippen molar-refractivity contribution in [3.63, 3.8) is 0 Å². The van der Waals surface area contributed by atoms with Gasteiger partial charge in [0, 0.05) is 31.9 Å². The molecule has 0 aliphatic carbocycles. The fourth-order valence-electron chi connectivity index (χ4n) is 2.52. The molecule has 2 heterocycles. The molecule has 1 aliphatic heterocycles. The van der Waals surface area contributed by atoms with Crippen molar-refractivity contribution in [2.45, 2.75) is 4.90 Å². The number of likely N-dealkylation sites (N-methyl/N-ethyl adjacent to an activating group) is 1. The van der Waals surface area contributed by atoms with E-state index in [0.29, 0.717) is 23.7 Å². The number of piperazine rings is 1. The fourth-order valence-corrected chi connectivity index (χ4v) is 5.22. The zero-order valence-electron chi connectivity index (χ0n) is 13.6. The van der Waals surface area contributed by atoms with Gasteiger partial charge in [-0.25, -0.2) is 8.42 Å². The van der Waals surface area contributed by atoms with Crippen LogP contribution in [0.15, 0.2) is 45.1 Å². The molecular weight excluding hydrogens is 426 g/mol. The Morgan fingerprint density at radius 2 is 1.72 bits per heavy atom. The van der Waals surface area contributed by atoms with Crippen molar-refractivity contribution in [3.8, 4) is 0 Å². The predicted molar refractivity (Wildman–Crippen MR) is 103 cm³/mol. The second-order valence-corrected chi connectivity index (χ2v) is 10.2. The third kappa shape index (κ3) is 4.29. The molecule has 25 heavy (non-hydrogen) atoms. The Hall–Kier alpha value is -1.26. The third-order valence-corrected chi connectivity index (χ3v) is 7.54. The maximum absolute atomic E-state index is 12.7. The number of benzene rings is 1.